The molecule has 0 saturated carbocycles. The van der Waals surface area contributed by atoms with E-state index < -0.39 is 0 Å². The molecule has 0 aromatic heterocycles. The molecular weight excluding hydrogens is 248 g/mol. The fourth-order valence-corrected chi connectivity index (χ4v) is 2.41. The number of nitrogens with zero attached hydrogens (tertiary/aromatic N) is 1. The van der Waals surface area contributed by atoms with Crippen LogP contribution in [0.1, 0.15) is 17.9 Å². The molecule has 1 aromatic carbocycles. The Morgan fingerprint density at radius 2 is 2.00 bits per heavy atom. The Morgan fingerprint density at radius 3 is 2.72 bits per heavy atom. The van der Waals surface area contributed by atoms with Gasteiger partial charge in [0.2, 0.25) is 0 Å². The van der Waals surface area contributed by atoms with Gasteiger partial charge in [0.15, 0.2) is 0 Å². The average molecular weight is 271 g/mol. The summed E-state index contributed by atoms with van der Waals surface area (Å²) >= 11 is 0. The van der Waals surface area contributed by atoms with Crippen LogP contribution in [0.5, 0.6) is 0 Å². The van der Waals surface area contributed by atoms with Gasteiger partial charge in [-0.15, -0.1) is 12.4 Å². The minimum absolute atomic E-state index is 0. The normalized spacial score (nSPS) is 19.7. The molecule has 2 N–H and O–H groups in total. The Bertz CT molecular complexity index is 321. The zero-order chi connectivity index (χ0) is 11.9. The molecule has 0 bridgehead atoms. The molecule has 4 heteroatoms. The third-order valence-electron chi connectivity index (χ3n) is 3.36. The Balaban J connectivity index is 0.00000162. The van der Waals surface area contributed by atoms with Crippen LogP contribution in [-0.4, -0.2) is 44.3 Å². The van der Waals surface area contributed by atoms with Gasteiger partial charge in [-0.05, 0) is 24.4 Å². The third-order valence-corrected chi connectivity index (χ3v) is 3.36. The number of rotatable bonds is 6. The predicted molar refractivity (Wildman–Crippen MR) is 77.4 cm³/mol. The maximum absolute atomic E-state index is 5.42. The van der Waals surface area contributed by atoms with E-state index in [0.717, 1.165) is 19.7 Å². The Morgan fingerprint density at radius 1 is 1.22 bits per heavy atom. The summed E-state index contributed by atoms with van der Waals surface area (Å²) in [6.45, 7) is 5.48. The molecule has 18 heavy (non-hydrogen) atoms. The van der Waals surface area contributed by atoms with Crippen LogP contribution in [0.2, 0.25) is 0 Å². The number of hydrogen-bond donors (Lipinski definition) is 1. The van der Waals surface area contributed by atoms with Gasteiger partial charge in [0, 0.05) is 19.6 Å². The first-order valence-electron chi connectivity index (χ1n) is 6.45. The molecule has 1 fully saturated rings. The van der Waals surface area contributed by atoms with E-state index in [4.69, 9.17) is 10.5 Å². The molecule has 102 valence electrons. The van der Waals surface area contributed by atoms with Crippen molar-refractivity contribution in [3.8, 4) is 0 Å². The minimum atomic E-state index is 0. The first-order valence-corrected chi connectivity index (χ1v) is 6.45. The topological polar surface area (TPSA) is 38.5 Å². The minimum Gasteiger partial charge on any atom is -0.379 e. The molecule has 0 amide bonds. The summed E-state index contributed by atoms with van der Waals surface area (Å²) in [6.07, 6.45) is 1.26. The van der Waals surface area contributed by atoms with Gasteiger partial charge >= 0.3 is 0 Å². The monoisotopic (exact) mass is 270 g/mol. The highest BCUT2D eigenvalue weighted by Crippen LogP contribution is 2.26. The Labute approximate surface area is 116 Å². The van der Waals surface area contributed by atoms with E-state index in [0.29, 0.717) is 19.1 Å². The van der Waals surface area contributed by atoms with Crippen molar-refractivity contribution in [3.63, 3.8) is 0 Å². The fraction of sp³-hybridized carbons (Fsp3) is 0.571. The van der Waals surface area contributed by atoms with Crippen molar-refractivity contribution in [2.24, 2.45) is 5.73 Å². The molecule has 1 saturated heterocycles. The van der Waals surface area contributed by atoms with Crippen LogP contribution < -0.4 is 5.73 Å². The van der Waals surface area contributed by atoms with E-state index in [2.05, 4.69) is 35.2 Å². The fourth-order valence-electron chi connectivity index (χ4n) is 2.41. The average Bonchev–Trinajstić information content (AvgIpc) is 2.85. The second-order valence-electron chi connectivity index (χ2n) is 4.60. The van der Waals surface area contributed by atoms with Gasteiger partial charge in [0.05, 0.1) is 13.2 Å². The number of benzene rings is 1. The van der Waals surface area contributed by atoms with Gasteiger partial charge in [0.1, 0.15) is 0 Å². The molecule has 2 rings (SSSR count). The third kappa shape index (κ3) is 4.58. The van der Waals surface area contributed by atoms with Crippen molar-refractivity contribution in [1.29, 1.82) is 0 Å². The summed E-state index contributed by atoms with van der Waals surface area (Å²) in [4.78, 5) is 2.48. The lowest BCUT2D eigenvalue weighted by Crippen LogP contribution is -2.25. The Kier molecular flexibility index (Phi) is 7.28. The first kappa shape index (κ1) is 15.4. The molecule has 1 heterocycles. The standard InChI is InChI=1S/C14H22N2O.ClH/c15-7-10-17-11-9-16-8-6-14(12-16)13-4-2-1-3-5-13;/h1-5,14H,6-12,15H2;1H. The lowest BCUT2D eigenvalue weighted by Gasteiger charge is -2.16. The summed E-state index contributed by atoms with van der Waals surface area (Å²) in [7, 11) is 0. The highest BCUT2D eigenvalue weighted by molar-refractivity contribution is 5.85. The van der Waals surface area contributed by atoms with Gasteiger partial charge in [0.25, 0.3) is 0 Å². The lowest BCUT2D eigenvalue weighted by atomic mass is 9.99. The molecule has 3 nitrogen and oxygen atoms in total. The van der Waals surface area contributed by atoms with Crippen LogP contribution in [-0.2, 0) is 4.74 Å². The second kappa shape index (κ2) is 8.48. The number of halogens is 1. The van der Waals surface area contributed by atoms with Crippen molar-refractivity contribution in [2.45, 2.75) is 12.3 Å². The van der Waals surface area contributed by atoms with Crippen LogP contribution >= 0.6 is 12.4 Å². The SMILES string of the molecule is Cl.NCCOCCN1CCC(c2ccccc2)C1. The van der Waals surface area contributed by atoms with E-state index in [1.807, 2.05) is 0 Å². The van der Waals surface area contributed by atoms with Gasteiger partial charge in [-0.2, -0.15) is 0 Å². The zero-order valence-corrected chi connectivity index (χ0v) is 11.6. The van der Waals surface area contributed by atoms with Crippen molar-refractivity contribution in [3.05, 3.63) is 35.9 Å². The zero-order valence-electron chi connectivity index (χ0n) is 10.8. The number of ether oxygens (including phenoxy) is 1. The molecular formula is C14H23ClN2O. The number of likely N-dealkylation sites (tertiary alicyclic amines) is 1. The molecule has 1 aliphatic heterocycles. The number of nitrogens with two attached hydrogens (primary N) is 1. The second-order valence-corrected chi connectivity index (χ2v) is 4.60. The number of hydrogen-bond acceptors (Lipinski definition) is 3. The highest BCUT2D eigenvalue weighted by atomic mass is 35.5. The first-order chi connectivity index (χ1) is 8.40. The van der Waals surface area contributed by atoms with Gasteiger partial charge in [-0.1, -0.05) is 30.3 Å². The summed E-state index contributed by atoms with van der Waals surface area (Å²) in [6, 6.07) is 10.8. The molecule has 0 spiro atoms. The summed E-state index contributed by atoms with van der Waals surface area (Å²) < 4.78 is 5.42. The van der Waals surface area contributed by atoms with E-state index in [1.165, 1.54) is 18.5 Å². The molecule has 1 aromatic rings. The van der Waals surface area contributed by atoms with Crippen LogP contribution in [0.15, 0.2) is 30.3 Å². The van der Waals surface area contributed by atoms with E-state index in [1.54, 1.807) is 0 Å². The Hall–Kier alpha value is -0.610. The smallest absolute Gasteiger partial charge is 0.0594 e. The summed E-state index contributed by atoms with van der Waals surface area (Å²) in [5, 5.41) is 0. The van der Waals surface area contributed by atoms with E-state index in [-0.39, 0.29) is 12.4 Å². The molecule has 1 unspecified atom stereocenters. The summed E-state index contributed by atoms with van der Waals surface area (Å²) in [5.41, 5.74) is 6.85. The molecule has 1 aliphatic rings. The van der Waals surface area contributed by atoms with Crippen molar-refractivity contribution < 1.29 is 4.74 Å². The van der Waals surface area contributed by atoms with Gasteiger partial charge < -0.3 is 15.4 Å². The quantitative estimate of drug-likeness (QED) is 0.802. The largest absolute Gasteiger partial charge is 0.379 e. The highest BCUT2D eigenvalue weighted by Gasteiger charge is 2.22. The van der Waals surface area contributed by atoms with Crippen molar-refractivity contribution in [2.75, 3.05) is 39.4 Å². The van der Waals surface area contributed by atoms with Gasteiger partial charge in [-0.25, -0.2) is 0 Å². The summed E-state index contributed by atoms with van der Waals surface area (Å²) in [5.74, 6) is 0.700. The van der Waals surface area contributed by atoms with Gasteiger partial charge in [-0.3, -0.25) is 0 Å². The maximum Gasteiger partial charge on any atom is 0.0594 e. The van der Waals surface area contributed by atoms with Crippen LogP contribution in [0.3, 0.4) is 0 Å². The molecule has 1 atom stereocenters. The van der Waals surface area contributed by atoms with Crippen LogP contribution in [0.4, 0.5) is 0 Å². The van der Waals surface area contributed by atoms with E-state index in [9.17, 15) is 0 Å². The maximum atomic E-state index is 5.42. The van der Waals surface area contributed by atoms with Crippen LogP contribution in [0, 0.1) is 0 Å². The molecule has 0 radical (unpaired) electrons. The van der Waals surface area contributed by atoms with E-state index >= 15 is 0 Å². The lowest BCUT2D eigenvalue weighted by molar-refractivity contribution is 0.117. The van der Waals surface area contributed by atoms with Crippen molar-refractivity contribution in [1.82, 2.24) is 4.90 Å². The van der Waals surface area contributed by atoms with Crippen molar-refractivity contribution >= 4 is 12.4 Å². The molecule has 0 aliphatic carbocycles. The van der Waals surface area contributed by atoms with Crippen LogP contribution in [0.25, 0.3) is 0 Å². The predicted octanol–water partition coefficient (Wildman–Crippen LogP) is 1.87.